The molecule has 0 fully saturated rings. The maximum Gasteiger partial charge on any atom is 0.278 e. The highest BCUT2D eigenvalue weighted by atomic mass is 35.5. The summed E-state index contributed by atoms with van der Waals surface area (Å²) in [5.41, 5.74) is 4.45. The number of hydrogen-bond donors (Lipinski definition) is 2. The van der Waals surface area contributed by atoms with Crippen molar-refractivity contribution in [1.29, 1.82) is 0 Å². The molecular formula is C16H19ClN4O4S. The maximum atomic E-state index is 12.1. The van der Waals surface area contributed by atoms with Crippen molar-refractivity contribution in [2.45, 2.75) is 6.92 Å². The second-order valence-corrected chi connectivity index (χ2v) is 7.92. The zero-order valence-corrected chi connectivity index (χ0v) is 16.3. The van der Waals surface area contributed by atoms with Crippen molar-refractivity contribution in [1.82, 2.24) is 10.5 Å². The van der Waals surface area contributed by atoms with Gasteiger partial charge in [-0.1, -0.05) is 23.7 Å². The molecule has 2 rings (SSSR count). The number of benzene rings is 1. The quantitative estimate of drug-likeness (QED) is 0.572. The Labute approximate surface area is 157 Å². The lowest BCUT2D eigenvalue weighted by molar-refractivity contribution is 0.0538. The number of hydroxylamine groups is 1. The van der Waals surface area contributed by atoms with Crippen LogP contribution in [0.1, 0.15) is 15.9 Å². The largest absolute Gasteiger partial charge is 0.353 e. The second kappa shape index (κ2) is 7.90. The summed E-state index contributed by atoms with van der Waals surface area (Å²) in [6.45, 7) is 1.79. The van der Waals surface area contributed by atoms with Crippen molar-refractivity contribution in [3.05, 3.63) is 46.7 Å². The van der Waals surface area contributed by atoms with Crippen molar-refractivity contribution in [2.75, 3.05) is 30.0 Å². The molecule has 8 nitrogen and oxygen atoms in total. The normalized spacial score (nSPS) is 11.1. The number of carbonyl (C=O) groups excluding carboxylic acids is 1. The molecule has 0 saturated carbocycles. The van der Waals surface area contributed by atoms with Gasteiger partial charge >= 0.3 is 0 Å². The number of aryl methyl sites for hydroxylation is 1. The first-order valence-electron chi connectivity index (χ1n) is 7.44. The van der Waals surface area contributed by atoms with Crippen LogP contribution in [0, 0.1) is 6.92 Å². The van der Waals surface area contributed by atoms with Gasteiger partial charge in [0.05, 0.1) is 36.0 Å². The third-order valence-electron chi connectivity index (χ3n) is 3.63. The van der Waals surface area contributed by atoms with Gasteiger partial charge in [-0.25, -0.2) is 18.9 Å². The Hall–Kier alpha value is -2.36. The minimum absolute atomic E-state index is 0.173. The Morgan fingerprint density at radius 2 is 2.00 bits per heavy atom. The molecule has 1 aromatic carbocycles. The number of anilines is 3. The third-order valence-corrected chi connectivity index (χ3v) is 5.01. The summed E-state index contributed by atoms with van der Waals surface area (Å²) < 4.78 is 25.1. The average Bonchev–Trinajstić information content (AvgIpc) is 2.54. The molecule has 0 unspecified atom stereocenters. The number of nitrogens with zero attached hydrogens (tertiary/aromatic N) is 2. The van der Waals surface area contributed by atoms with Crippen molar-refractivity contribution >= 4 is 44.6 Å². The van der Waals surface area contributed by atoms with E-state index in [0.29, 0.717) is 17.1 Å². The van der Waals surface area contributed by atoms with E-state index in [1.807, 2.05) is 0 Å². The number of nitrogens with one attached hydrogen (secondary N) is 2. The number of hydrogen-bond acceptors (Lipinski definition) is 6. The lowest BCUT2D eigenvalue weighted by Crippen LogP contribution is -2.26. The fraction of sp³-hybridized carbons (Fsp3) is 0.250. The summed E-state index contributed by atoms with van der Waals surface area (Å²) in [7, 11) is -0.708. The van der Waals surface area contributed by atoms with Crippen molar-refractivity contribution in [3.63, 3.8) is 0 Å². The van der Waals surface area contributed by atoms with Crippen LogP contribution in [0.5, 0.6) is 0 Å². The van der Waals surface area contributed by atoms with E-state index in [0.717, 1.165) is 11.8 Å². The Morgan fingerprint density at radius 3 is 2.62 bits per heavy atom. The van der Waals surface area contributed by atoms with Crippen LogP contribution in [-0.4, -0.2) is 39.7 Å². The van der Waals surface area contributed by atoms with E-state index < -0.39 is 15.9 Å². The zero-order chi connectivity index (χ0) is 19.5. The van der Waals surface area contributed by atoms with Gasteiger partial charge in [-0.2, -0.15) is 0 Å². The van der Waals surface area contributed by atoms with Crippen LogP contribution in [0.4, 0.5) is 17.1 Å². The van der Waals surface area contributed by atoms with Gasteiger partial charge in [0, 0.05) is 13.2 Å². The van der Waals surface area contributed by atoms with Crippen molar-refractivity contribution in [2.24, 2.45) is 0 Å². The minimum Gasteiger partial charge on any atom is -0.353 e. The number of amides is 1. The Morgan fingerprint density at radius 1 is 1.31 bits per heavy atom. The summed E-state index contributed by atoms with van der Waals surface area (Å²) in [6.07, 6.45) is 2.42. The summed E-state index contributed by atoms with van der Waals surface area (Å²) in [6, 6.07) is 6.74. The molecule has 0 aliphatic rings. The maximum absolute atomic E-state index is 12.1. The first-order valence-corrected chi connectivity index (χ1v) is 9.67. The van der Waals surface area contributed by atoms with E-state index in [4.69, 9.17) is 11.6 Å². The van der Waals surface area contributed by atoms with Crippen LogP contribution in [0.3, 0.4) is 0 Å². The molecule has 0 aliphatic carbocycles. The molecule has 26 heavy (non-hydrogen) atoms. The lowest BCUT2D eigenvalue weighted by Gasteiger charge is -2.23. The van der Waals surface area contributed by atoms with Gasteiger partial charge in [-0.3, -0.25) is 13.9 Å². The van der Waals surface area contributed by atoms with Gasteiger partial charge < -0.3 is 5.32 Å². The van der Waals surface area contributed by atoms with Gasteiger partial charge in [-0.15, -0.1) is 0 Å². The Bertz CT molecular complexity index is 934. The van der Waals surface area contributed by atoms with E-state index in [1.54, 1.807) is 25.1 Å². The number of pyridine rings is 1. The van der Waals surface area contributed by atoms with Crippen LogP contribution in [0.15, 0.2) is 30.5 Å². The standard InChI is InChI=1S/C16H19ClN4O4S/c1-10-6-5-7-12(15(10)21(2)26(4,23)24)19-13-8-14(17)18-9-11(13)16(22)20-25-3/h5-9H,1-4H3,(H,18,19)(H,20,22). The Balaban J connectivity index is 2.55. The molecule has 2 N–H and O–H groups in total. The molecular weight excluding hydrogens is 380 g/mol. The van der Waals surface area contributed by atoms with E-state index in [2.05, 4.69) is 20.6 Å². The number of halogens is 1. The predicted octanol–water partition coefficient (Wildman–Crippen LogP) is 2.47. The fourth-order valence-corrected chi connectivity index (χ4v) is 3.08. The van der Waals surface area contributed by atoms with Gasteiger partial charge in [0.1, 0.15) is 5.15 Å². The van der Waals surface area contributed by atoms with Gasteiger partial charge in [-0.05, 0) is 24.6 Å². The molecule has 1 heterocycles. The molecule has 0 atom stereocenters. The monoisotopic (exact) mass is 398 g/mol. The topological polar surface area (TPSA) is 101 Å². The number of para-hydroxylation sites is 1. The molecule has 1 amide bonds. The van der Waals surface area contributed by atoms with Gasteiger partial charge in [0.2, 0.25) is 10.0 Å². The Kier molecular flexibility index (Phi) is 6.06. The van der Waals surface area contributed by atoms with Gasteiger partial charge in [0.25, 0.3) is 5.91 Å². The number of carbonyl (C=O) groups is 1. The van der Waals surface area contributed by atoms with E-state index in [1.165, 1.54) is 30.7 Å². The summed E-state index contributed by atoms with van der Waals surface area (Å²) in [5.74, 6) is -0.523. The van der Waals surface area contributed by atoms with Crippen LogP contribution >= 0.6 is 11.6 Å². The van der Waals surface area contributed by atoms with E-state index >= 15 is 0 Å². The molecule has 0 spiro atoms. The summed E-state index contributed by atoms with van der Waals surface area (Å²) in [5, 5.41) is 3.24. The fourth-order valence-electron chi connectivity index (χ4n) is 2.35. The smallest absolute Gasteiger partial charge is 0.278 e. The van der Waals surface area contributed by atoms with Gasteiger partial charge in [0.15, 0.2) is 0 Å². The molecule has 0 bridgehead atoms. The van der Waals surface area contributed by atoms with Crippen LogP contribution in [0.2, 0.25) is 5.15 Å². The van der Waals surface area contributed by atoms with E-state index in [9.17, 15) is 13.2 Å². The molecule has 10 heteroatoms. The number of aromatic nitrogens is 1. The third kappa shape index (κ3) is 4.43. The van der Waals surface area contributed by atoms with E-state index in [-0.39, 0.29) is 10.7 Å². The van der Waals surface area contributed by atoms with Crippen LogP contribution in [-0.2, 0) is 14.9 Å². The number of sulfonamides is 1. The van der Waals surface area contributed by atoms with Crippen molar-refractivity contribution in [3.8, 4) is 0 Å². The second-order valence-electron chi connectivity index (χ2n) is 5.51. The number of rotatable bonds is 6. The molecule has 140 valence electrons. The highest BCUT2D eigenvalue weighted by Gasteiger charge is 2.20. The molecule has 0 radical (unpaired) electrons. The molecule has 1 aromatic heterocycles. The highest BCUT2D eigenvalue weighted by molar-refractivity contribution is 7.92. The average molecular weight is 399 g/mol. The minimum atomic E-state index is -3.48. The summed E-state index contributed by atoms with van der Waals surface area (Å²) in [4.78, 5) is 20.7. The zero-order valence-electron chi connectivity index (χ0n) is 14.7. The highest BCUT2D eigenvalue weighted by Crippen LogP contribution is 2.34. The molecule has 2 aromatic rings. The first-order chi connectivity index (χ1) is 12.1. The van der Waals surface area contributed by atoms with Crippen LogP contribution in [0.25, 0.3) is 0 Å². The lowest BCUT2D eigenvalue weighted by atomic mass is 10.1. The first kappa shape index (κ1) is 20.0. The predicted molar refractivity (Wildman–Crippen MR) is 101 cm³/mol. The summed E-state index contributed by atoms with van der Waals surface area (Å²) >= 11 is 5.95. The van der Waals surface area contributed by atoms with Crippen molar-refractivity contribution < 1.29 is 18.0 Å². The SMILES string of the molecule is CONC(=O)c1cnc(Cl)cc1Nc1cccc(C)c1N(C)S(C)(=O)=O. The molecule has 0 saturated heterocycles. The molecule has 0 aliphatic heterocycles. The van der Waals surface area contributed by atoms with Crippen LogP contribution < -0.4 is 15.1 Å².